The molecule has 1 aromatic carbocycles. The highest BCUT2D eigenvalue weighted by Crippen LogP contribution is 2.29. The predicted molar refractivity (Wildman–Crippen MR) is 143 cm³/mol. The molecular weight excluding hydrogens is 488 g/mol. The third kappa shape index (κ3) is 10.5. The molecule has 208 valence electrons. The van der Waals surface area contributed by atoms with E-state index in [2.05, 4.69) is 23.8 Å². The van der Waals surface area contributed by atoms with Crippen molar-refractivity contribution in [1.82, 2.24) is 10.6 Å². The lowest BCUT2D eigenvalue weighted by molar-refractivity contribution is -0.155. The smallest absolute Gasteiger partial charge is 0.332 e. The lowest BCUT2D eigenvalue weighted by Gasteiger charge is -2.29. The van der Waals surface area contributed by atoms with Crippen LogP contribution in [0.3, 0.4) is 0 Å². The molecule has 38 heavy (non-hydrogen) atoms. The second-order valence-electron chi connectivity index (χ2n) is 9.64. The summed E-state index contributed by atoms with van der Waals surface area (Å²) in [5.74, 6) is -2.99. The fraction of sp³-hybridized carbons (Fsp3) is 0.517. The van der Waals surface area contributed by atoms with E-state index in [9.17, 15) is 24.3 Å². The highest BCUT2D eigenvalue weighted by atomic mass is 16.6. The van der Waals surface area contributed by atoms with Crippen LogP contribution in [0, 0.1) is 5.92 Å². The fourth-order valence-electron chi connectivity index (χ4n) is 4.36. The molecule has 2 amide bonds. The zero-order chi connectivity index (χ0) is 27.8. The number of aliphatic hydroxyl groups is 1. The number of unbranched alkanes of at least 4 members (excludes halogenated alkanes) is 1. The minimum absolute atomic E-state index is 0.0128. The largest absolute Gasteiger partial charge is 0.463 e. The van der Waals surface area contributed by atoms with Crippen LogP contribution in [0.5, 0.6) is 0 Å². The number of allylic oxidation sites excluding steroid dienone is 2. The number of benzene rings is 1. The van der Waals surface area contributed by atoms with Gasteiger partial charge in [-0.1, -0.05) is 55.3 Å². The summed E-state index contributed by atoms with van der Waals surface area (Å²) in [4.78, 5) is 50.9. The molecular formula is C29H40N2O7. The molecule has 0 saturated heterocycles. The highest BCUT2D eigenvalue weighted by molar-refractivity contribution is 5.89. The van der Waals surface area contributed by atoms with E-state index in [-0.39, 0.29) is 38.4 Å². The molecule has 0 aliphatic heterocycles. The normalized spacial score (nSPS) is 15.5. The number of aliphatic hydroxyl groups excluding tert-OH is 1. The third-order valence-corrected chi connectivity index (χ3v) is 6.55. The number of carbonyl (C=O) groups is 4. The minimum Gasteiger partial charge on any atom is -0.463 e. The number of esters is 2. The van der Waals surface area contributed by atoms with Crippen LogP contribution in [0.25, 0.3) is 0 Å². The van der Waals surface area contributed by atoms with Crippen LogP contribution in [-0.4, -0.2) is 53.7 Å². The Labute approximate surface area is 224 Å². The van der Waals surface area contributed by atoms with Gasteiger partial charge >= 0.3 is 11.9 Å². The van der Waals surface area contributed by atoms with Crippen molar-refractivity contribution in [3.63, 3.8) is 0 Å². The molecule has 0 aromatic heterocycles. The monoisotopic (exact) mass is 528 g/mol. The Hall–Kier alpha value is -3.46. The number of ether oxygens (including phenoxy) is 2. The highest BCUT2D eigenvalue weighted by Gasteiger charge is 2.36. The van der Waals surface area contributed by atoms with Crippen molar-refractivity contribution in [2.45, 2.75) is 76.0 Å². The summed E-state index contributed by atoms with van der Waals surface area (Å²) in [6.45, 7) is 6.72. The molecule has 1 aromatic rings. The van der Waals surface area contributed by atoms with E-state index in [1.807, 2.05) is 18.2 Å². The molecule has 2 atom stereocenters. The van der Waals surface area contributed by atoms with E-state index in [4.69, 9.17) is 9.47 Å². The minimum atomic E-state index is -1.25. The Bertz CT molecular complexity index is 942. The van der Waals surface area contributed by atoms with Crippen molar-refractivity contribution in [1.29, 1.82) is 0 Å². The van der Waals surface area contributed by atoms with Crippen molar-refractivity contribution < 1.29 is 33.8 Å². The van der Waals surface area contributed by atoms with Crippen LogP contribution in [0.4, 0.5) is 0 Å². The summed E-state index contributed by atoms with van der Waals surface area (Å²) < 4.78 is 10.6. The second-order valence-corrected chi connectivity index (χ2v) is 9.64. The van der Waals surface area contributed by atoms with Crippen LogP contribution in [0.15, 0.2) is 55.6 Å². The Morgan fingerprint density at radius 1 is 1.05 bits per heavy atom. The van der Waals surface area contributed by atoms with E-state index in [1.165, 1.54) is 6.08 Å². The van der Waals surface area contributed by atoms with Gasteiger partial charge in [0.1, 0.15) is 13.2 Å². The number of carbonyl (C=O) groups excluding carboxylic acids is 4. The number of amides is 2. The summed E-state index contributed by atoms with van der Waals surface area (Å²) in [5.41, 5.74) is 0.105. The van der Waals surface area contributed by atoms with E-state index in [0.29, 0.717) is 25.7 Å². The Kier molecular flexibility index (Phi) is 13.3. The molecule has 1 saturated carbocycles. The fourth-order valence-corrected chi connectivity index (χ4v) is 4.36. The van der Waals surface area contributed by atoms with Gasteiger partial charge in [0.25, 0.3) is 0 Å². The van der Waals surface area contributed by atoms with Gasteiger partial charge in [-0.3, -0.25) is 14.4 Å². The first kappa shape index (κ1) is 30.8. The van der Waals surface area contributed by atoms with Crippen molar-refractivity contribution in [3.8, 4) is 0 Å². The van der Waals surface area contributed by atoms with E-state index < -0.39 is 42.0 Å². The number of nitrogens with one attached hydrogen (secondary N) is 2. The topological polar surface area (TPSA) is 131 Å². The average Bonchev–Trinajstić information content (AvgIpc) is 3.38. The second kappa shape index (κ2) is 16.4. The van der Waals surface area contributed by atoms with Crippen LogP contribution in [-0.2, 0) is 35.3 Å². The lowest BCUT2D eigenvalue weighted by Crippen LogP contribution is -2.51. The maximum absolute atomic E-state index is 13.2. The van der Waals surface area contributed by atoms with E-state index in [0.717, 1.165) is 18.4 Å². The van der Waals surface area contributed by atoms with Crippen LogP contribution in [0.2, 0.25) is 0 Å². The van der Waals surface area contributed by atoms with Gasteiger partial charge in [-0.2, -0.15) is 0 Å². The lowest BCUT2D eigenvalue weighted by atomic mass is 9.95. The van der Waals surface area contributed by atoms with Crippen molar-refractivity contribution in [3.05, 3.63) is 61.2 Å². The Balaban J connectivity index is 2.04. The standard InChI is InChI=1S/C29H40N2O7/c1-3-5-7-15-26(34)37-20-24(28(36)38-19-22-13-8-6-9-14-22)30-27(35)23(12-4-2)18-25(33)31-29(21-32)16-10-11-17-29/h3-4,6,8-9,13-14,23-24,32H,1-2,5,7,10-12,15-21H2,(H,30,35)(H,31,33). The maximum atomic E-state index is 13.2. The first-order chi connectivity index (χ1) is 18.3. The molecule has 0 spiro atoms. The first-order valence-corrected chi connectivity index (χ1v) is 13.1. The van der Waals surface area contributed by atoms with Crippen LogP contribution < -0.4 is 10.6 Å². The molecule has 9 nitrogen and oxygen atoms in total. The van der Waals surface area contributed by atoms with Gasteiger partial charge in [0.05, 0.1) is 18.1 Å². The van der Waals surface area contributed by atoms with Gasteiger partial charge in [0.2, 0.25) is 11.8 Å². The number of hydrogen-bond donors (Lipinski definition) is 3. The van der Waals surface area contributed by atoms with Gasteiger partial charge < -0.3 is 25.2 Å². The molecule has 2 unspecified atom stereocenters. The zero-order valence-corrected chi connectivity index (χ0v) is 22.0. The average molecular weight is 529 g/mol. The van der Waals surface area contributed by atoms with Gasteiger partial charge in [-0.25, -0.2) is 4.79 Å². The zero-order valence-electron chi connectivity index (χ0n) is 22.0. The molecule has 0 heterocycles. The molecule has 1 aliphatic carbocycles. The van der Waals surface area contributed by atoms with Crippen molar-refractivity contribution in [2.24, 2.45) is 5.92 Å². The van der Waals surface area contributed by atoms with E-state index >= 15 is 0 Å². The molecule has 0 bridgehead atoms. The number of rotatable bonds is 17. The first-order valence-electron chi connectivity index (χ1n) is 13.1. The van der Waals surface area contributed by atoms with Crippen LogP contribution >= 0.6 is 0 Å². The maximum Gasteiger partial charge on any atom is 0.332 e. The Morgan fingerprint density at radius 2 is 1.76 bits per heavy atom. The molecule has 3 N–H and O–H groups in total. The van der Waals surface area contributed by atoms with Crippen molar-refractivity contribution >= 4 is 23.8 Å². The van der Waals surface area contributed by atoms with Gasteiger partial charge in [0.15, 0.2) is 6.04 Å². The Morgan fingerprint density at radius 3 is 2.39 bits per heavy atom. The summed E-state index contributed by atoms with van der Waals surface area (Å²) in [6.07, 6.45) is 7.82. The molecule has 1 fully saturated rings. The third-order valence-electron chi connectivity index (χ3n) is 6.55. The van der Waals surface area contributed by atoms with E-state index in [1.54, 1.807) is 18.2 Å². The molecule has 1 aliphatic rings. The number of hydrogen-bond acceptors (Lipinski definition) is 7. The molecule has 2 rings (SSSR count). The molecule has 0 radical (unpaired) electrons. The summed E-state index contributed by atoms with van der Waals surface area (Å²) >= 11 is 0. The molecule has 9 heteroatoms. The summed E-state index contributed by atoms with van der Waals surface area (Å²) in [7, 11) is 0. The van der Waals surface area contributed by atoms with Gasteiger partial charge in [0, 0.05) is 12.8 Å². The summed E-state index contributed by atoms with van der Waals surface area (Å²) in [6, 6.07) is 7.80. The summed E-state index contributed by atoms with van der Waals surface area (Å²) in [5, 5.41) is 15.3. The van der Waals surface area contributed by atoms with Crippen LogP contribution in [0.1, 0.15) is 63.4 Å². The SMILES string of the molecule is C=CCCCC(=O)OCC(NC(=O)C(CC=C)CC(=O)NC1(CO)CCCC1)C(=O)OCc1ccccc1. The quantitative estimate of drug-likeness (QED) is 0.161. The predicted octanol–water partition coefficient (Wildman–Crippen LogP) is 3.12. The van der Waals surface area contributed by atoms with Crippen molar-refractivity contribution in [2.75, 3.05) is 13.2 Å². The van der Waals surface area contributed by atoms with Gasteiger partial charge in [-0.15, -0.1) is 13.2 Å². The van der Waals surface area contributed by atoms with Gasteiger partial charge in [-0.05, 0) is 37.7 Å².